The molecule has 0 fully saturated rings. The van der Waals surface area contributed by atoms with E-state index in [0.29, 0.717) is 0 Å². The second-order valence-electron chi connectivity index (χ2n) is 22.6. The van der Waals surface area contributed by atoms with E-state index in [4.69, 9.17) is 0 Å². The van der Waals surface area contributed by atoms with Crippen LogP contribution in [0.4, 0.5) is 0 Å². The summed E-state index contributed by atoms with van der Waals surface area (Å²) in [5, 5.41) is 0. The Labute approximate surface area is 890 Å². The zero-order valence-electron chi connectivity index (χ0n) is 72.1. The topological polar surface area (TPSA) is 1080 Å². The Balaban J connectivity index is -0.00000000780. The van der Waals surface area contributed by atoms with Crippen LogP contribution < -0.4 is 0 Å². The van der Waals surface area contributed by atoms with Crippen molar-refractivity contribution in [3.63, 3.8) is 0 Å². The molecule has 0 unspecified atom stereocenters. The van der Waals surface area contributed by atoms with Crippen LogP contribution in [0.25, 0.3) is 0 Å². The fourth-order valence-electron chi connectivity index (χ4n) is 10.6. The van der Waals surface area contributed by atoms with E-state index in [1.165, 1.54) is 328 Å². The average Bonchev–Trinajstić information content (AvgIpc) is 3.37. The Kier molecular flexibility index (Phi) is 973. The molecule has 0 aromatic heterocycles. The van der Waals surface area contributed by atoms with Gasteiger partial charge in [-0.1, -0.05) is 214 Å². The zero-order valence-corrected chi connectivity index (χ0v) is 107. The van der Waals surface area contributed by atoms with E-state index in [1.54, 1.807) is 0 Å². The van der Waals surface area contributed by atoms with E-state index in [2.05, 4.69) is 111 Å². The molecule has 0 bridgehead atoms. The molecular weight excluding hydrogens is 3640 g/mol. The summed E-state index contributed by atoms with van der Waals surface area (Å²) in [6.07, 6.45) is 44.2. The van der Waals surface area contributed by atoms with Crippen molar-refractivity contribution < 1.29 is 479 Å². The molecule has 0 aliphatic rings. The number of unbranched alkanes of at least 4 members (excludes halogenated alkanes) is 16. The van der Waals surface area contributed by atoms with E-state index < -0.39 is 0 Å². The van der Waals surface area contributed by atoms with Crippen molar-refractivity contribution in [1.82, 2.24) is 0 Å². The van der Waals surface area contributed by atoms with Gasteiger partial charge in [-0.3, -0.25) is 0 Å². The number of rotatable bonds is 48. The van der Waals surface area contributed by atoms with Crippen molar-refractivity contribution in [2.75, 3.05) is 105 Å². The molecule has 0 N–H and O–H groups in total. The average molecular weight is 3780 g/mol. The van der Waals surface area contributed by atoms with Crippen LogP contribution in [-0.4, -0.2) is 123 Å². The molecule has 0 amide bonds. The molecule has 792 valence electrons. The van der Waals surface area contributed by atoms with Crippen LogP contribution >= 0.6 is 0 Å². The van der Waals surface area contributed by atoms with Gasteiger partial charge in [0, 0.05) is 253 Å². The molecule has 42 nitrogen and oxygen atoms in total. The Hall–Kier alpha value is 6.58. The second-order valence-corrected chi connectivity index (χ2v) is 22.6. The summed E-state index contributed by atoms with van der Waals surface area (Å²) in [5.41, 5.74) is 0. The number of nitrogens with zero attached hydrogens (tertiary/aromatic N) is 4. The predicted octanol–water partition coefficient (Wildman–Crippen LogP) is 15.5. The Morgan fingerprint density at radius 2 is 0.119 bits per heavy atom. The van der Waals surface area contributed by atoms with E-state index in [9.17, 15) is 0 Å². The van der Waals surface area contributed by atoms with Crippen LogP contribution in [0.1, 0.15) is 316 Å². The SMILES string of the molecule is CCCC[N+](CCCC)(CCCC)CCCC.CCCC[N+](CCCC)(CCCC)CCCC.CCCC[N+](CCCC)(CCCC)CCCC.CCCC[N+](CCCC)(CCCC)CCCC.[O-2].[O-2].[O-2].[O-2].[O-2].[O-2].[O-2].[O-2].[O-2].[O-2].[O-2].[O-2].[O-2].[O-2].[O-2].[O-2].[O-2].[O-2].[O-2].[O-2].[O-2].[O-2].[O-2].[O-2].[O-2].[O-2].[O-2].[O-2].[O-2].[O-2].[O-2].[O-2].[O-2].[O-2].[O-2].[O-2].[O-2].[O-2].[W].[W].[W].[W].[W].[W].[W].[W].[W].[W].[W].[W]. The second kappa shape index (κ2) is 301. The molecule has 0 aliphatic carbocycles. The molecule has 118 heavy (non-hydrogen) atoms. The minimum atomic E-state index is 0. The van der Waals surface area contributed by atoms with Crippen LogP contribution in [0.2, 0.25) is 0 Å². The molecule has 0 rings (SSSR count). The monoisotopic (exact) mass is 3780 g/mol. The van der Waals surface area contributed by atoms with E-state index in [-0.39, 0.29) is 461 Å². The quantitative estimate of drug-likeness (QED) is 0.0513. The van der Waals surface area contributed by atoms with Gasteiger partial charge in [0.2, 0.25) is 0 Å². The molecule has 0 aliphatic heterocycles. The minimum Gasteiger partial charge on any atom is -2.00 e. The summed E-state index contributed by atoms with van der Waals surface area (Å²) in [7, 11) is 0. The van der Waals surface area contributed by atoms with Crippen LogP contribution in [0, 0.1) is 0 Å². The number of quaternary nitrogens is 4. The van der Waals surface area contributed by atoms with Crippen LogP contribution in [0.3, 0.4) is 0 Å². The number of hydrogen-bond acceptors (Lipinski definition) is 0. The smallest absolute Gasteiger partial charge is 0.0786 e. The molecule has 0 radical (unpaired) electrons. The molecule has 0 saturated carbocycles. The van der Waals surface area contributed by atoms with E-state index >= 15 is 0 Å². The van der Waals surface area contributed by atoms with Crippen molar-refractivity contribution in [1.29, 1.82) is 0 Å². The summed E-state index contributed by atoms with van der Waals surface area (Å²) in [6, 6.07) is 0. The van der Waals surface area contributed by atoms with Gasteiger partial charge in [-0.25, -0.2) is 0 Å². The van der Waals surface area contributed by atoms with Crippen molar-refractivity contribution in [3.05, 3.63) is 0 Å². The van der Waals surface area contributed by atoms with Crippen molar-refractivity contribution in [2.45, 2.75) is 316 Å². The largest absolute Gasteiger partial charge is 2.00 e. The third-order valence-electron chi connectivity index (χ3n) is 15.8. The Morgan fingerprint density at radius 1 is 0.0847 bits per heavy atom. The first kappa shape index (κ1) is 382. The van der Waals surface area contributed by atoms with Crippen molar-refractivity contribution in [3.8, 4) is 0 Å². The standard InChI is InChI=1S/4C16H36N.38O.12W/c4*1-5-9-13-17(14-10-6-2,15-11-7-3)16-12-8-4;;;;;;;;;;;;;;;;;;;;;;;;;;;;;;;;;;;;;;;;;;;;;;;;;;/h4*5-16H2,1-4H3;;;;;;;;;;;;;;;;;;;;;;;;;;;;;;;;;;;;;;;;;;;;;;;;;;/q4*+1;38*-2;;;;;;;;;;;;. The normalized spacial score (nSPS) is 6.92. The Bertz CT molecular complexity index is 764. The van der Waals surface area contributed by atoms with Gasteiger partial charge in [0.25, 0.3) is 0 Å². The van der Waals surface area contributed by atoms with Crippen molar-refractivity contribution >= 4 is 0 Å². The Morgan fingerprint density at radius 3 is 0.144 bits per heavy atom. The summed E-state index contributed by atoms with van der Waals surface area (Å²) in [4.78, 5) is 0. The van der Waals surface area contributed by atoms with Crippen LogP contribution in [-0.2, 0) is 461 Å². The summed E-state index contributed by atoms with van der Waals surface area (Å²) >= 11 is 0. The van der Waals surface area contributed by atoms with E-state index in [1.807, 2.05) is 0 Å². The first-order chi connectivity index (χ1) is 33.0. The third-order valence-corrected chi connectivity index (χ3v) is 15.8. The summed E-state index contributed by atoms with van der Waals surface area (Å²) in [5.74, 6) is 0. The third kappa shape index (κ3) is 242. The molecule has 0 aromatic rings. The van der Waals surface area contributed by atoms with Gasteiger partial charge in [-0.05, 0) is 103 Å². The molecule has 0 spiro atoms. The van der Waals surface area contributed by atoms with Gasteiger partial charge in [0.05, 0.1) is 105 Å². The van der Waals surface area contributed by atoms with Gasteiger partial charge in [-0.15, -0.1) is 0 Å². The van der Waals surface area contributed by atoms with Crippen LogP contribution in [0.5, 0.6) is 0 Å². The predicted molar refractivity (Wildman–Crippen MR) is 344 cm³/mol. The molecule has 0 aromatic carbocycles. The maximum Gasteiger partial charge on any atom is 0.0786 e. The van der Waals surface area contributed by atoms with Gasteiger partial charge in [0.1, 0.15) is 0 Å². The molecule has 0 saturated heterocycles. The fourth-order valence-corrected chi connectivity index (χ4v) is 10.6. The first-order valence-corrected chi connectivity index (χ1v) is 32.4. The maximum atomic E-state index is 2.33. The maximum absolute atomic E-state index is 2.33. The fraction of sp³-hybridized carbons (Fsp3) is 1.00. The number of hydrogen-bond donors (Lipinski definition) is 0. The van der Waals surface area contributed by atoms with Gasteiger partial charge in [-0.2, -0.15) is 0 Å². The molecule has 54 heteroatoms. The first-order valence-electron chi connectivity index (χ1n) is 32.4. The molecule has 0 atom stereocenters. The van der Waals surface area contributed by atoms with Crippen molar-refractivity contribution in [2.24, 2.45) is 0 Å². The van der Waals surface area contributed by atoms with E-state index in [0.717, 1.165) is 0 Å². The van der Waals surface area contributed by atoms with Gasteiger partial charge < -0.3 is 226 Å². The summed E-state index contributed by atoms with van der Waals surface area (Å²) in [6.45, 7) is 60.1. The van der Waals surface area contributed by atoms with Crippen LogP contribution in [0.15, 0.2) is 0 Å². The van der Waals surface area contributed by atoms with Gasteiger partial charge >= 0.3 is 0 Å². The minimum absolute atomic E-state index is 0. The zero-order chi connectivity index (χ0) is 51.9. The molecular formula is C64H144N4O38W12-72. The summed E-state index contributed by atoms with van der Waals surface area (Å²) < 4.78 is 5.68. The van der Waals surface area contributed by atoms with Gasteiger partial charge in [0.15, 0.2) is 0 Å². The molecule has 0 heterocycles.